The highest BCUT2D eigenvalue weighted by Crippen LogP contribution is 2.32. The van der Waals surface area contributed by atoms with Gasteiger partial charge < -0.3 is 10.1 Å². The second-order valence-corrected chi connectivity index (χ2v) is 7.02. The van der Waals surface area contributed by atoms with Crippen molar-refractivity contribution in [2.24, 2.45) is 0 Å². The van der Waals surface area contributed by atoms with Crippen LogP contribution in [-0.4, -0.2) is 13.0 Å². The molecule has 0 saturated carbocycles. The Morgan fingerprint density at radius 2 is 2.00 bits per heavy atom. The maximum atomic E-state index is 12.3. The third kappa shape index (κ3) is 4.58. The van der Waals surface area contributed by atoms with Crippen molar-refractivity contribution in [1.82, 2.24) is 0 Å². The summed E-state index contributed by atoms with van der Waals surface area (Å²) in [5.41, 5.74) is 2.52. The third-order valence-electron chi connectivity index (χ3n) is 3.21. The van der Waals surface area contributed by atoms with Crippen molar-refractivity contribution in [3.8, 4) is 11.8 Å². The normalized spacial score (nSPS) is 10.9. The predicted octanol–water partition coefficient (Wildman–Crippen LogP) is 4.92. The first-order valence-electron chi connectivity index (χ1n) is 6.97. The molecule has 0 fully saturated rings. The number of carbonyl (C=O) groups is 1. The van der Waals surface area contributed by atoms with Gasteiger partial charge >= 0.3 is 0 Å². The van der Waals surface area contributed by atoms with E-state index in [4.69, 9.17) is 4.74 Å². The van der Waals surface area contributed by atoms with Crippen molar-refractivity contribution >= 4 is 56.2 Å². The van der Waals surface area contributed by atoms with Crippen LogP contribution in [0.25, 0.3) is 6.08 Å². The number of halogens is 2. The molecule has 0 aliphatic carbocycles. The number of nitrogens with one attached hydrogen (secondary N) is 1. The predicted molar refractivity (Wildman–Crippen MR) is 107 cm³/mol. The molecular formula is C18H14BrIN2O2. The van der Waals surface area contributed by atoms with Crippen molar-refractivity contribution in [2.45, 2.75) is 6.92 Å². The standard InChI is InChI=1S/C18H14BrIN2O2/c1-11-3-5-14(6-4-11)22-18(23)13(10-21)7-12-8-15(19)17(24-2)16(20)9-12/h3-9H,1-2H3,(H,22,23)/b13-7+. The van der Waals surface area contributed by atoms with E-state index in [0.717, 1.165) is 24.9 Å². The molecule has 0 atom stereocenters. The zero-order chi connectivity index (χ0) is 17.7. The largest absolute Gasteiger partial charge is 0.494 e. The summed E-state index contributed by atoms with van der Waals surface area (Å²) < 4.78 is 6.92. The number of aryl methyl sites for hydroxylation is 1. The molecule has 0 aromatic heterocycles. The van der Waals surface area contributed by atoms with E-state index in [9.17, 15) is 10.1 Å². The van der Waals surface area contributed by atoms with Crippen molar-refractivity contribution in [3.63, 3.8) is 0 Å². The lowest BCUT2D eigenvalue weighted by atomic mass is 10.1. The molecule has 2 aromatic carbocycles. The summed E-state index contributed by atoms with van der Waals surface area (Å²) in [5.74, 6) is 0.277. The summed E-state index contributed by atoms with van der Waals surface area (Å²) in [7, 11) is 1.59. The molecule has 4 nitrogen and oxygen atoms in total. The van der Waals surface area contributed by atoms with Crippen molar-refractivity contribution in [1.29, 1.82) is 5.26 Å². The maximum Gasteiger partial charge on any atom is 0.266 e. The van der Waals surface area contributed by atoms with Crippen molar-refractivity contribution in [2.75, 3.05) is 12.4 Å². The first kappa shape index (κ1) is 18.5. The van der Waals surface area contributed by atoms with Gasteiger partial charge in [-0.3, -0.25) is 4.79 Å². The van der Waals surface area contributed by atoms with E-state index in [2.05, 4.69) is 43.8 Å². The monoisotopic (exact) mass is 496 g/mol. The van der Waals surface area contributed by atoms with Gasteiger partial charge in [-0.1, -0.05) is 17.7 Å². The number of carbonyl (C=O) groups excluding carboxylic acids is 1. The molecule has 1 N–H and O–H groups in total. The number of hydrogen-bond donors (Lipinski definition) is 1. The summed E-state index contributed by atoms with van der Waals surface area (Å²) >= 11 is 5.57. The Balaban J connectivity index is 2.27. The molecule has 122 valence electrons. The van der Waals surface area contributed by atoms with Gasteiger partial charge in [0.15, 0.2) is 0 Å². The van der Waals surface area contributed by atoms with Crippen LogP contribution in [0.3, 0.4) is 0 Å². The fourth-order valence-electron chi connectivity index (χ4n) is 2.01. The second-order valence-electron chi connectivity index (χ2n) is 5.01. The average molecular weight is 497 g/mol. The highest BCUT2D eigenvalue weighted by Gasteiger charge is 2.12. The number of anilines is 1. The Labute approximate surface area is 162 Å². The number of rotatable bonds is 4. The van der Waals surface area contributed by atoms with Crippen LogP contribution >= 0.6 is 38.5 Å². The Morgan fingerprint density at radius 3 is 2.54 bits per heavy atom. The average Bonchev–Trinajstić information content (AvgIpc) is 2.54. The SMILES string of the molecule is COc1c(Br)cc(/C=C(\C#N)C(=O)Nc2ccc(C)cc2)cc1I. The van der Waals surface area contributed by atoms with E-state index in [1.807, 2.05) is 31.2 Å². The highest BCUT2D eigenvalue weighted by molar-refractivity contribution is 14.1. The number of hydrogen-bond acceptors (Lipinski definition) is 3. The summed E-state index contributed by atoms with van der Waals surface area (Å²) in [4.78, 5) is 12.3. The lowest BCUT2D eigenvalue weighted by molar-refractivity contribution is -0.112. The number of benzene rings is 2. The van der Waals surface area contributed by atoms with Crippen molar-refractivity contribution < 1.29 is 9.53 Å². The van der Waals surface area contributed by atoms with Crippen molar-refractivity contribution in [3.05, 3.63) is 61.1 Å². The Bertz CT molecular complexity index is 816. The first-order chi connectivity index (χ1) is 11.4. The number of methoxy groups -OCH3 is 1. The van der Waals surface area contributed by atoms with Crippen LogP contribution in [0.1, 0.15) is 11.1 Å². The first-order valence-corrected chi connectivity index (χ1v) is 8.84. The molecule has 0 unspecified atom stereocenters. The van der Waals surface area contributed by atoms with Gasteiger partial charge in [0.05, 0.1) is 15.2 Å². The lowest BCUT2D eigenvalue weighted by Crippen LogP contribution is -2.13. The van der Waals surface area contributed by atoms with E-state index in [-0.39, 0.29) is 5.57 Å². The lowest BCUT2D eigenvalue weighted by Gasteiger charge is -2.08. The molecule has 1 amide bonds. The molecular weight excluding hydrogens is 483 g/mol. The van der Waals surface area contributed by atoms with Gasteiger partial charge in [0.1, 0.15) is 17.4 Å². The molecule has 0 bridgehead atoms. The van der Waals surface area contributed by atoms with Crippen LogP contribution < -0.4 is 10.1 Å². The number of nitriles is 1. The van der Waals surface area contributed by atoms with Gasteiger partial charge in [-0.05, 0) is 81.3 Å². The molecule has 0 radical (unpaired) electrons. The molecule has 2 rings (SSSR count). The van der Waals surface area contributed by atoms with E-state index in [1.165, 1.54) is 0 Å². The van der Waals surface area contributed by atoms with Crippen LogP contribution in [0, 0.1) is 21.8 Å². The number of ether oxygens (including phenoxy) is 1. The third-order valence-corrected chi connectivity index (χ3v) is 4.60. The van der Waals surface area contributed by atoms with Gasteiger partial charge in [0.2, 0.25) is 0 Å². The van der Waals surface area contributed by atoms with Gasteiger partial charge in [-0.2, -0.15) is 5.26 Å². The van der Waals surface area contributed by atoms with Crippen LogP contribution in [-0.2, 0) is 4.79 Å². The summed E-state index contributed by atoms with van der Waals surface area (Å²) in [6.07, 6.45) is 1.55. The molecule has 0 saturated heterocycles. The topological polar surface area (TPSA) is 62.1 Å². The molecule has 0 aliphatic heterocycles. The zero-order valence-electron chi connectivity index (χ0n) is 13.1. The molecule has 0 heterocycles. The summed E-state index contributed by atoms with van der Waals surface area (Å²) in [5, 5.41) is 12.0. The van der Waals surface area contributed by atoms with Crippen LogP contribution in [0.15, 0.2) is 46.4 Å². The minimum atomic E-state index is -0.441. The van der Waals surface area contributed by atoms with Crippen LogP contribution in [0.4, 0.5) is 5.69 Å². The van der Waals surface area contributed by atoms with Gasteiger partial charge in [-0.25, -0.2) is 0 Å². The van der Waals surface area contributed by atoms with E-state index in [0.29, 0.717) is 5.69 Å². The number of nitrogens with zero attached hydrogens (tertiary/aromatic N) is 1. The minimum absolute atomic E-state index is 0.0310. The minimum Gasteiger partial charge on any atom is -0.494 e. The van der Waals surface area contributed by atoms with Gasteiger partial charge in [0.25, 0.3) is 5.91 Å². The smallest absolute Gasteiger partial charge is 0.266 e. The maximum absolute atomic E-state index is 12.3. The fourth-order valence-corrected chi connectivity index (χ4v) is 3.89. The molecule has 24 heavy (non-hydrogen) atoms. The molecule has 6 heteroatoms. The van der Waals surface area contributed by atoms with Gasteiger partial charge in [-0.15, -0.1) is 0 Å². The van der Waals surface area contributed by atoms with Gasteiger partial charge in [0, 0.05) is 5.69 Å². The van der Waals surface area contributed by atoms with Crippen LogP contribution in [0.2, 0.25) is 0 Å². The van der Waals surface area contributed by atoms with E-state index >= 15 is 0 Å². The Kier molecular flexibility index (Phi) is 6.40. The molecule has 0 spiro atoms. The second kappa shape index (κ2) is 8.31. The Hall–Kier alpha value is -1.85. The quantitative estimate of drug-likeness (QED) is 0.371. The summed E-state index contributed by atoms with van der Waals surface area (Å²) in [6.45, 7) is 1.97. The Morgan fingerprint density at radius 1 is 1.33 bits per heavy atom. The zero-order valence-corrected chi connectivity index (χ0v) is 16.8. The molecule has 0 aliphatic rings. The number of amides is 1. The van der Waals surface area contributed by atoms with Crippen LogP contribution in [0.5, 0.6) is 5.75 Å². The van der Waals surface area contributed by atoms with E-state index < -0.39 is 5.91 Å². The summed E-state index contributed by atoms with van der Waals surface area (Å²) in [6, 6.07) is 13.0. The van der Waals surface area contributed by atoms with E-state index in [1.54, 1.807) is 31.4 Å². The molecule has 2 aromatic rings. The fraction of sp³-hybridized carbons (Fsp3) is 0.111. The highest BCUT2D eigenvalue weighted by atomic mass is 127.